The van der Waals surface area contributed by atoms with Crippen molar-refractivity contribution in [1.82, 2.24) is 9.88 Å². The highest BCUT2D eigenvalue weighted by Crippen LogP contribution is 2.25. The summed E-state index contributed by atoms with van der Waals surface area (Å²) in [4.78, 5) is 25.4. The van der Waals surface area contributed by atoms with Crippen molar-refractivity contribution in [2.24, 2.45) is 0 Å². The molecule has 0 spiro atoms. The van der Waals surface area contributed by atoms with Gasteiger partial charge in [-0.2, -0.15) is 0 Å². The number of hydrogen-bond donors (Lipinski definition) is 1. The summed E-state index contributed by atoms with van der Waals surface area (Å²) in [6.07, 6.45) is 3.56. The van der Waals surface area contributed by atoms with E-state index < -0.39 is 0 Å². The Bertz CT molecular complexity index is 1010. The van der Waals surface area contributed by atoms with Crippen LogP contribution >= 0.6 is 0 Å². The molecule has 1 fully saturated rings. The number of pyridine rings is 1. The van der Waals surface area contributed by atoms with Crippen LogP contribution in [-0.4, -0.2) is 16.5 Å². The molecule has 0 radical (unpaired) electrons. The van der Waals surface area contributed by atoms with E-state index in [0.717, 1.165) is 18.4 Å². The third-order valence-corrected chi connectivity index (χ3v) is 4.40. The van der Waals surface area contributed by atoms with Gasteiger partial charge in [0.15, 0.2) is 0 Å². The fraction of sp³-hybridized carbons (Fsp3) is 0.263. The molecule has 1 amide bonds. The van der Waals surface area contributed by atoms with Gasteiger partial charge in [-0.1, -0.05) is 12.1 Å². The number of furan rings is 1. The molecule has 5 nitrogen and oxygen atoms in total. The fourth-order valence-corrected chi connectivity index (χ4v) is 2.93. The molecule has 0 bridgehead atoms. The number of fused-ring (bicyclic) bond motifs is 1. The number of benzene rings is 1. The van der Waals surface area contributed by atoms with E-state index in [-0.39, 0.29) is 23.3 Å². The molecule has 25 heavy (non-hydrogen) atoms. The lowest BCUT2D eigenvalue weighted by Gasteiger charge is -2.07. The van der Waals surface area contributed by atoms with Gasteiger partial charge in [0.2, 0.25) is 0 Å². The topological polar surface area (TPSA) is 64.2 Å². The maximum atomic E-state index is 13.0. The van der Waals surface area contributed by atoms with Crippen molar-refractivity contribution in [2.75, 3.05) is 0 Å². The molecule has 3 aromatic rings. The predicted octanol–water partition coefficient (Wildman–Crippen LogP) is 2.98. The van der Waals surface area contributed by atoms with E-state index in [1.165, 1.54) is 16.7 Å². The lowest BCUT2D eigenvalue weighted by atomic mass is 10.1. The molecule has 0 saturated heterocycles. The van der Waals surface area contributed by atoms with E-state index >= 15 is 0 Å². The molecule has 2 heterocycles. The first-order chi connectivity index (χ1) is 12.0. The zero-order chi connectivity index (χ0) is 17.6. The van der Waals surface area contributed by atoms with Crippen LogP contribution in [0.2, 0.25) is 0 Å². The molecular formula is C19H17FN2O3. The Morgan fingerprint density at radius 1 is 1.28 bits per heavy atom. The van der Waals surface area contributed by atoms with Crippen molar-refractivity contribution in [2.45, 2.75) is 32.4 Å². The van der Waals surface area contributed by atoms with E-state index in [1.54, 1.807) is 31.3 Å². The monoisotopic (exact) mass is 340 g/mol. The lowest BCUT2D eigenvalue weighted by molar-refractivity contribution is 0.0951. The van der Waals surface area contributed by atoms with Crippen molar-refractivity contribution >= 4 is 16.9 Å². The maximum absolute atomic E-state index is 13.0. The number of rotatable bonds is 4. The summed E-state index contributed by atoms with van der Waals surface area (Å²) in [7, 11) is 0. The molecule has 1 aliphatic rings. The first-order valence-electron chi connectivity index (χ1n) is 8.21. The number of nitrogens with one attached hydrogen (secondary N) is 1. The Morgan fingerprint density at radius 3 is 2.68 bits per heavy atom. The van der Waals surface area contributed by atoms with Gasteiger partial charge in [0.25, 0.3) is 11.5 Å². The highest BCUT2D eigenvalue weighted by molar-refractivity contribution is 6.07. The molecule has 2 aromatic heterocycles. The maximum Gasteiger partial charge on any atom is 0.262 e. The standard InChI is InChI=1S/C19H17FN2O3/c1-11-16(18(23)21-14-6-7-14)17-15(25-11)8-9-22(19(17)24)10-12-2-4-13(20)5-3-12/h2-5,8-9,14H,6-7,10H2,1H3,(H,21,23). The Hall–Kier alpha value is -2.89. The molecule has 6 heteroatoms. The van der Waals surface area contributed by atoms with Crippen LogP contribution in [0.3, 0.4) is 0 Å². The summed E-state index contributed by atoms with van der Waals surface area (Å²) in [5, 5.41) is 3.20. The second-order valence-corrected chi connectivity index (χ2v) is 6.40. The van der Waals surface area contributed by atoms with Crippen LogP contribution in [0.25, 0.3) is 11.0 Å². The van der Waals surface area contributed by atoms with Crippen LogP contribution in [0.5, 0.6) is 0 Å². The van der Waals surface area contributed by atoms with Crippen LogP contribution in [0.1, 0.15) is 34.5 Å². The molecule has 1 aliphatic carbocycles. The Kier molecular flexibility index (Phi) is 3.67. The summed E-state index contributed by atoms with van der Waals surface area (Å²) < 4.78 is 20.1. The molecule has 0 unspecified atom stereocenters. The highest BCUT2D eigenvalue weighted by Gasteiger charge is 2.28. The number of carbonyl (C=O) groups excluding carboxylic acids is 1. The van der Waals surface area contributed by atoms with Crippen LogP contribution in [-0.2, 0) is 6.54 Å². The van der Waals surface area contributed by atoms with Gasteiger partial charge in [0.1, 0.15) is 17.2 Å². The molecule has 0 atom stereocenters. The number of aryl methyl sites for hydroxylation is 1. The smallest absolute Gasteiger partial charge is 0.262 e. The van der Waals surface area contributed by atoms with E-state index in [0.29, 0.717) is 28.8 Å². The van der Waals surface area contributed by atoms with E-state index in [9.17, 15) is 14.0 Å². The molecular weight excluding hydrogens is 323 g/mol. The minimum Gasteiger partial charge on any atom is -0.460 e. The van der Waals surface area contributed by atoms with Crippen LogP contribution in [0.15, 0.2) is 45.7 Å². The number of aromatic nitrogens is 1. The number of nitrogens with zero attached hydrogens (tertiary/aromatic N) is 1. The van der Waals surface area contributed by atoms with Crippen molar-refractivity contribution in [3.63, 3.8) is 0 Å². The van der Waals surface area contributed by atoms with Crippen LogP contribution in [0, 0.1) is 12.7 Å². The van der Waals surface area contributed by atoms with Gasteiger partial charge in [-0.3, -0.25) is 9.59 Å². The van der Waals surface area contributed by atoms with Crippen LogP contribution < -0.4 is 10.9 Å². The minimum atomic E-state index is -0.323. The minimum absolute atomic E-state index is 0.196. The van der Waals surface area contributed by atoms with Gasteiger partial charge in [0.05, 0.1) is 17.5 Å². The van der Waals surface area contributed by atoms with E-state index in [4.69, 9.17) is 4.42 Å². The molecule has 128 valence electrons. The lowest BCUT2D eigenvalue weighted by Crippen LogP contribution is -2.28. The Labute approximate surface area is 143 Å². The zero-order valence-corrected chi connectivity index (χ0v) is 13.7. The number of halogens is 1. The van der Waals surface area contributed by atoms with E-state index in [2.05, 4.69) is 5.32 Å². The van der Waals surface area contributed by atoms with Gasteiger partial charge in [-0.05, 0) is 43.5 Å². The summed E-state index contributed by atoms with van der Waals surface area (Å²) >= 11 is 0. The molecule has 1 aromatic carbocycles. The van der Waals surface area contributed by atoms with Crippen molar-refractivity contribution in [3.8, 4) is 0 Å². The van der Waals surface area contributed by atoms with Gasteiger partial charge < -0.3 is 14.3 Å². The summed E-state index contributed by atoms with van der Waals surface area (Å²) in [5.41, 5.74) is 1.21. The first-order valence-corrected chi connectivity index (χ1v) is 8.21. The average molecular weight is 340 g/mol. The van der Waals surface area contributed by atoms with Gasteiger partial charge in [-0.15, -0.1) is 0 Å². The summed E-state index contributed by atoms with van der Waals surface area (Å²) in [6.45, 7) is 1.98. The number of hydrogen-bond acceptors (Lipinski definition) is 3. The highest BCUT2D eigenvalue weighted by atomic mass is 19.1. The first kappa shape index (κ1) is 15.6. The summed E-state index contributed by atoms with van der Waals surface area (Å²) in [6, 6.07) is 7.86. The normalized spacial score (nSPS) is 14.0. The molecule has 4 rings (SSSR count). The average Bonchev–Trinajstić information content (AvgIpc) is 3.32. The van der Waals surface area contributed by atoms with Crippen molar-refractivity contribution in [1.29, 1.82) is 0 Å². The molecule has 1 N–H and O–H groups in total. The van der Waals surface area contributed by atoms with Gasteiger partial charge in [-0.25, -0.2) is 4.39 Å². The van der Waals surface area contributed by atoms with E-state index in [1.807, 2.05) is 0 Å². The third-order valence-electron chi connectivity index (χ3n) is 4.40. The zero-order valence-electron chi connectivity index (χ0n) is 13.7. The predicted molar refractivity (Wildman–Crippen MR) is 91.2 cm³/mol. The SMILES string of the molecule is Cc1oc2ccn(Cc3ccc(F)cc3)c(=O)c2c1C(=O)NC1CC1. The second-order valence-electron chi connectivity index (χ2n) is 6.40. The van der Waals surface area contributed by atoms with Gasteiger partial charge in [0, 0.05) is 12.2 Å². The third kappa shape index (κ3) is 2.95. The largest absolute Gasteiger partial charge is 0.460 e. The Balaban J connectivity index is 1.76. The Morgan fingerprint density at radius 2 is 2.00 bits per heavy atom. The number of carbonyl (C=O) groups is 1. The second kappa shape index (κ2) is 5.88. The molecule has 1 saturated carbocycles. The fourth-order valence-electron chi connectivity index (χ4n) is 2.93. The van der Waals surface area contributed by atoms with Crippen LogP contribution in [0.4, 0.5) is 4.39 Å². The number of amides is 1. The molecule has 0 aliphatic heterocycles. The van der Waals surface area contributed by atoms with Gasteiger partial charge >= 0.3 is 0 Å². The van der Waals surface area contributed by atoms with Crippen molar-refractivity contribution < 1.29 is 13.6 Å². The quantitative estimate of drug-likeness (QED) is 0.794. The summed E-state index contributed by atoms with van der Waals surface area (Å²) in [5.74, 6) is -0.156. The van der Waals surface area contributed by atoms with Crippen molar-refractivity contribution in [3.05, 3.63) is 69.6 Å².